The van der Waals surface area contributed by atoms with Gasteiger partial charge < -0.3 is 19.4 Å². The van der Waals surface area contributed by atoms with Crippen molar-refractivity contribution < 1.29 is 23.5 Å². The summed E-state index contributed by atoms with van der Waals surface area (Å²) in [4.78, 5) is 39.5. The quantitative estimate of drug-likeness (QED) is 0.267. The molecule has 1 aromatic carbocycles. The van der Waals surface area contributed by atoms with Gasteiger partial charge in [0.05, 0.1) is 24.5 Å². The lowest BCUT2D eigenvalue weighted by Gasteiger charge is -2.47. The molecule has 32 heavy (non-hydrogen) atoms. The Balaban J connectivity index is 1.94. The fourth-order valence-electron chi connectivity index (χ4n) is 4.48. The lowest BCUT2D eigenvalue weighted by Crippen LogP contribution is -2.63. The number of ether oxygens (including phenoxy) is 1. The van der Waals surface area contributed by atoms with Gasteiger partial charge in [0.25, 0.3) is 0 Å². The first-order chi connectivity index (χ1) is 15.1. The Bertz CT molecular complexity index is 965. The van der Waals surface area contributed by atoms with Gasteiger partial charge in [-0.3, -0.25) is 9.59 Å². The lowest BCUT2D eigenvalue weighted by atomic mass is 9.82. The highest BCUT2D eigenvalue weighted by Crippen LogP contribution is 2.48. The van der Waals surface area contributed by atoms with Crippen molar-refractivity contribution in [2.45, 2.75) is 51.6 Å². The summed E-state index contributed by atoms with van der Waals surface area (Å²) in [6.07, 6.45) is 2.06. The van der Waals surface area contributed by atoms with E-state index in [4.69, 9.17) is 9.16 Å². The number of esters is 1. The Kier molecular flexibility index (Phi) is 7.05. The number of hydrogen-bond donors (Lipinski definition) is 1. The van der Waals surface area contributed by atoms with Crippen molar-refractivity contribution in [2.24, 2.45) is 5.92 Å². The Morgan fingerprint density at radius 2 is 2.06 bits per heavy atom. The third kappa shape index (κ3) is 4.86. The molecule has 1 N–H and O–H groups in total. The summed E-state index contributed by atoms with van der Waals surface area (Å²) in [6.45, 7) is 11.9. The second-order valence-electron chi connectivity index (χ2n) is 9.21. The van der Waals surface area contributed by atoms with Crippen LogP contribution >= 0.6 is 0 Å². The van der Waals surface area contributed by atoms with Crippen molar-refractivity contribution in [2.75, 3.05) is 13.7 Å². The van der Waals surface area contributed by atoms with Crippen molar-refractivity contribution in [1.82, 2.24) is 10.2 Å². The van der Waals surface area contributed by atoms with Crippen LogP contribution in [-0.2, 0) is 30.0 Å². The molecule has 172 valence electrons. The largest absolute Gasteiger partial charge is 0.457 e. The lowest BCUT2D eigenvalue weighted by molar-refractivity contribution is -0.161. The molecule has 1 saturated heterocycles. The fraction of sp³-hybridized carbons (Fsp3) is 0.458. The number of fused-ring (bicyclic) bond motifs is 1. The smallest absolute Gasteiger partial charge is 0.355 e. The van der Waals surface area contributed by atoms with Crippen molar-refractivity contribution in [3.05, 3.63) is 53.7 Å². The van der Waals surface area contributed by atoms with Crippen LogP contribution in [0.5, 0.6) is 0 Å². The van der Waals surface area contributed by atoms with Crippen LogP contribution in [0.4, 0.5) is 0 Å². The van der Waals surface area contributed by atoms with Crippen molar-refractivity contribution >= 4 is 31.7 Å². The second-order valence-corrected chi connectivity index (χ2v) is 13.7. The van der Waals surface area contributed by atoms with Gasteiger partial charge in [-0.05, 0) is 49.7 Å². The number of carbonyl (C=O) groups is 3. The summed E-state index contributed by atoms with van der Waals surface area (Å²) < 4.78 is 11.5. The summed E-state index contributed by atoms with van der Waals surface area (Å²) in [6, 6.07) is 7.39. The maximum Gasteiger partial charge on any atom is 0.355 e. The predicted molar refractivity (Wildman–Crippen MR) is 125 cm³/mol. The van der Waals surface area contributed by atoms with Crippen LogP contribution in [0.25, 0.3) is 5.57 Å². The summed E-state index contributed by atoms with van der Waals surface area (Å²) in [5.41, 5.74) is 2.70. The maximum absolute atomic E-state index is 13.1. The van der Waals surface area contributed by atoms with Gasteiger partial charge in [-0.2, -0.15) is 0 Å². The van der Waals surface area contributed by atoms with Crippen LogP contribution in [-0.4, -0.2) is 56.8 Å². The SMILES string of the molecule is C=CCOC(=O)C1=C(c2cccc(CC(=O)NC)c2)C[C@@H]2[C@@H]([C@@H](C)O[Si](C)(C)C)C(=O)N12. The van der Waals surface area contributed by atoms with Gasteiger partial charge in [-0.25, -0.2) is 4.79 Å². The van der Waals surface area contributed by atoms with Gasteiger partial charge >= 0.3 is 5.97 Å². The van der Waals surface area contributed by atoms with Crippen molar-refractivity contribution in [3.63, 3.8) is 0 Å². The molecule has 2 aliphatic rings. The molecule has 0 aromatic heterocycles. The molecule has 0 saturated carbocycles. The highest BCUT2D eigenvalue weighted by Gasteiger charge is 2.57. The zero-order valence-corrected chi connectivity index (χ0v) is 20.4. The molecule has 8 heteroatoms. The Morgan fingerprint density at radius 3 is 2.69 bits per heavy atom. The molecule has 2 amide bonds. The highest BCUT2D eigenvalue weighted by atomic mass is 28.4. The molecule has 3 rings (SSSR count). The van der Waals surface area contributed by atoms with Crippen LogP contribution in [0.15, 0.2) is 42.6 Å². The average Bonchev–Trinajstić information content (AvgIpc) is 3.06. The Hall–Kier alpha value is -2.71. The van der Waals surface area contributed by atoms with Gasteiger partial charge in [-0.15, -0.1) is 0 Å². The van der Waals surface area contributed by atoms with E-state index in [0.29, 0.717) is 6.42 Å². The minimum Gasteiger partial charge on any atom is -0.457 e. The summed E-state index contributed by atoms with van der Waals surface area (Å²) in [5.74, 6) is -1.03. The zero-order chi connectivity index (χ0) is 23.6. The third-order valence-electron chi connectivity index (χ3n) is 5.70. The number of carbonyl (C=O) groups excluding carboxylic acids is 3. The minimum absolute atomic E-state index is 0.0671. The number of likely N-dealkylation sites (N-methyl/N-ethyl adjacent to an activating group) is 1. The molecule has 0 unspecified atom stereocenters. The maximum atomic E-state index is 13.1. The molecular formula is C24H32N2O5Si. The van der Waals surface area contributed by atoms with Crippen LogP contribution < -0.4 is 5.32 Å². The number of amides is 2. The van der Waals surface area contributed by atoms with E-state index < -0.39 is 14.3 Å². The summed E-state index contributed by atoms with van der Waals surface area (Å²) in [5, 5.41) is 2.62. The number of hydrogen-bond acceptors (Lipinski definition) is 5. The Morgan fingerprint density at radius 1 is 1.34 bits per heavy atom. The van der Waals surface area contributed by atoms with E-state index in [-0.39, 0.29) is 48.6 Å². The first-order valence-corrected chi connectivity index (χ1v) is 14.3. The van der Waals surface area contributed by atoms with E-state index in [1.807, 2.05) is 31.2 Å². The van der Waals surface area contributed by atoms with Crippen LogP contribution in [0.2, 0.25) is 19.6 Å². The van der Waals surface area contributed by atoms with Gasteiger partial charge in [0.2, 0.25) is 11.8 Å². The van der Waals surface area contributed by atoms with Crippen LogP contribution in [0, 0.1) is 5.92 Å². The van der Waals surface area contributed by atoms with Gasteiger partial charge in [-0.1, -0.05) is 36.9 Å². The molecular weight excluding hydrogens is 424 g/mol. The molecule has 7 nitrogen and oxygen atoms in total. The first kappa shape index (κ1) is 23.9. The molecule has 3 atom stereocenters. The van der Waals surface area contributed by atoms with Gasteiger partial charge in [0.1, 0.15) is 12.3 Å². The normalized spacial score (nSPS) is 21.0. The van der Waals surface area contributed by atoms with E-state index in [0.717, 1.165) is 16.7 Å². The number of nitrogens with one attached hydrogen (secondary N) is 1. The highest BCUT2D eigenvalue weighted by molar-refractivity contribution is 6.69. The standard InChI is InChI=1S/C24H32N2O5Si/c1-7-11-30-24(29)22-18(17-10-8-9-16(12-17)13-20(27)25-3)14-19-21(23(28)26(19)22)15(2)31-32(4,5)6/h7-10,12,15,19,21H,1,11,13-14H2,2-6H3,(H,25,27)/t15-,19-,21-/m1/s1. The van der Waals surface area contributed by atoms with Gasteiger partial charge in [0, 0.05) is 7.05 Å². The van der Waals surface area contributed by atoms with Crippen molar-refractivity contribution in [3.8, 4) is 0 Å². The number of benzene rings is 1. The zero-order valence-electron chi connectivity index (χ0n) is 19.4. The molecule has 0 aliphatic carbocycles. The van der Waals surface area contributed by atoms with E-state index in [9.17, 15) is 14.4 Å². The van der Waals surface area contributed by atoms with Crippen LogP contribution in [0.3, 0.4) is 0 Å². The van der Waals surface area contributed by atoms with E-state index in [2.05, 4.69) is 31.5 Å². The molecule has 1 aromatic rings. The van der Waals surface area contributed by atoms with E-state index in [1.54, 1.807) is 11.9 Å². The molecule has 2 heterocycles. The number of rotatable bonds is 9. The monoisotopic (exact) mass is 456 g/mol. The molecule has 0 spiro atoms. The Labute approximate surface area is 190 Å². The van der Waals surface area contributed by atoms with Gasteiger partial charge in [0.15, 0.2) is 8.32 Å². The minimum atomic E-state index is -1.83. The second kappa shape index (κ2) is 9.42. The first-order valence-electron chi connectivity index (χ1n) is 10.9. The van der Waals surface area contributed by atoms with E-state index >= 15 is 0 Å². The van der Waals surface area contributed by atoms with Crippen molar-refractivity contribution in [1.29, 1.82) is 0 Å². The molecule has 2 aliphatic heterocycles. The predicted octanol–water partition coefficient (Wildman–Crippen LogP) is 2.89. The average molecular weight is 457 g/mol. The topological polar surface area (TPSA) is 84.9 Å². The molecule has 0 bridgehead atoms. The molecule has 1 fully saturated rings. The molecule has 0 radical (unpaired) electrons. The fourth-order valence-corrected chi connectivity index (χ4v) is 5.74. The third-order valence-corrected chi connectivity index (χ3v) is 6.78. The summed E-state index contributed by atoms with van der Waals surface area (Å²) >= 11 is 0. The van der Waals surface area contributed by atoms with E-state index in [1.165, 1.54) is 6.08 Å². The number of β-lactam (4-membered cyclic amide) rings is 1. The van der Waals surface area contributed by atoms with Crippen LogP contribution in [0.1, 0.15) is 24.5 Å². The summed E-state index contributed by atoms with van der Waals surface area (Å²) in [7, 11) is -0.231. The number of nitrogens with zero attached hydrogens (tertiary/aromatic N) is 1.